The van der Waals surface area contributed by atoms with Crippen LogP contribution in [0.2, 0.25) is 0 Å². The van der Waals surface area contributed by atoms with Gasteiger partial charge in [-0.1, -0.05) is 6.07 Å². The lowest BCUT2D eigenvalue weighted by molar-refractivity contribution is -0.122. The van der Waals surface area contributed by atoms with Crippen molar-refractivity contribution < 1.29 is 4.79 Å². The Bertz CT molecular complexity index is 389. The van der Waals surface area contributed by atoms with Crippen LogP contribution in [-0.4, -0.2) is 29.5 Å². The van der Waals surface area contributed by atoms with Gasteiger partial charge in [0, 0.05) is 30.4 Å². The Morgan fingerprint density at radius 2 is 2.25 bits per heavy atom. The molecule has 4 nitrogen and oxygen atoms in total. The van der Waals surface area contributed by atoms with Crippen LogP contribution in [0.5, 0.6) is 0 Å². The fraction of sp³-hybridized carbons (Fsp3) is 0.571. The molecule has 20 heavy (non-hydrogen) atoms. The van der Waals surface area contributed by atoms with Gasteiger partial charge in [0.25, 0.3) is 0 Å². The van der Waals surface area contributed by atoms with Gasteiger partial charge in [0.15, 0.2) is 0 Å². The molecule has 1 aromatic heterocycles. The van der Waals surface area contributed by atoms with Crippen molar-refractivity contribution in [1.82, 2.24) is 15.6 Å². The summed E-state index contributed by atoms with van der Waals surface area (Å²) < 4.78 is 0. The van der Waals surface area contributed by atoms with Gasteiger partial charge in [-0.25, -0.2) is 0 Å². The lowest BCUT2D eigenvalue weighted by atomic mass is 10.0. The first-order chi connectivity index (χ1) is 8.74. The lowest BCUT2D eigenvalue weighted by Crippen LogP contribution is -2.46. The van der Waals surface area contributed by atoms with Crippen molar-refractivity contribution in [2.45, 2.75) is 44.7 Å². The van der Waals surface area contributed by atoms with Crippen LogP contribution < -0.4 is 10.6 Å². The molecule has 0 aliphatic carbocycles. The number of rotatable bonds is 4. The first-order valence-electron chi connectivity index (χ1n) is 6.66. The number of hydrogen-bond donors (Lipinski definition) is 2. The standard InChI is InChI=1S/C14H21N3O.2ClH/c1-11-10-13(7-9-15-11)17-14(18)6-5-12-4-2-3-8-16-12;;/h2-4,8,11,13,15H,5-7,9-10H2,1H3,(H,17,18);2*1H. The number of aryl methyl sites for hydroxylation is 1. The molecule has 1 fully saturated rings. The summed E-state index contributed by atoms with van der Waals surface area (Å²) in [5.41, 5.74) is 0.978. The first kappa shape index (κ1) is 19.2. The Labute approximate surface area is 132 Å². The van der Waals surface area contributed by atoms with E-state index < -0.39 is 0 Å². The zero-order valence-electron chi connectivity index (χ0n) is 11.7. The monoisotopic (exact) mass is 319 g/mol. The number of carbonyl (C=O) groups excluding carboxylic acids is 1. The van der Waals surface area contributed by atoms with Crippen LogP contribution >= 0.6 is 24.8 Å². The summed E-state index contributed by atoms with van der Waals surface area (Å²) in [5, 5.41) is 6.49. The number of nitrogens with one attached hydrogen (secondary N) is 2. The SMILES string of the molecule is CC1CC(NC(=O)CCc2ccccn2)CCN1.Cl.Cl. The number of amides is 1. The van der Waals surface area contributed by atoms with Gasteiger partial charge in [-0.2, -0.15) is 0 Å². The average molecular weight is 320 g/mol. The number of hydrogen-bond acceptors (Lipinski definition) is 3. The van der Waals surface area contributed by atoms with Crippen LogP contribution in [0, 0.1) is 0 Å². The summed E-state index contributed by atoms with van der Waals surface area (Å²) in [6.45, 7) is 3.15. The molecule has 0 spiro atoms. The van der Waals surface area contributed by atoms with Crippen LogP contribution in [0.3, 0.4) is 0 Å². The first-order valence-corrected chi connectivity index (χ1v) is 6.66. The second-order valence-corrected chi connectivity index (χ2v) is 4.97. The maximum atomic E-state index is 11.8. The van der Waals surface area contributed by atoms with Crippen molar-refractivity contribution in [3.8, 4) is 0 Å². The molecule has 0 bridgehead atoms. The minimum absolute atomic E-state index is 0. The molecule has 2 N–H and O–H groups in total. The zero-order valence-corrected chi connectivity index (χ0v) is 13.3. The molecule has 1 amide bonds. The van der Waals surface area contributed by atoms with Gasteiger partial charge in [-0.15, -0.1) is 24.8 Å². The van der Waals surface area contributed by atoms with Gasteiger partial charge in [0.2, 0.25) is 5.91 Å². The van der Waals surface area contributed by atoms with E-state index in [2.05, 4.69) is 22.5 Å². The zero-order chi connectivity index (χ0) is 12.8. The Hall–Kier alpha value is -0.840. The number of piperidine rings is 1. The molecular weight excluding hydrogens is 297 g/mol. The largest absolute Gasteiger partial charge is 0.353 e. The number of pyridine rings is 1. The van der Waals surface area contributed by atoms with E-state index in [0.717, 1.165) is 25.1 Å². The highest BCUT2D eigenvalue weighted by Gasteiger charge is 2.19. The van der Waals surface area contributed by atoms with Gasteiger partial charge >= 0.3 is 0 Å². The molecule has 0 aromatic carbocycles. The van der Waals surface area contributed by atoms with E-state index in [-0.39, 0.29) is 30.7 Å². The summed E-state index contributed by atoms with van der Waals surface area (Å²) in [6.07, 6.45) is 5.05. The third-order valence-electron chi connectivity index (χ3n) is 3.32. The van der Waals surface area contributed by atoms with Crippen molar-refractivity contribution >= 4 is 30.7 Å². The summed E-state index contributed by atoms with van der Waals surface area (Å²) >= 11 is 0. The topological polar surface area (TPSA) is 54.0 Å². The maximum Gasteiger partial charge on any atom is 0.220 e. The quantitative estimate of drug-likeness (QED) is 0.893. The van der Waals surface area contributed by atoms with Gasteiger partial charge in [-0.05, 0) is 44.9 Å². The summed E-state index contributed by atoms with van der Waals surface area (Å²) in [4.78, 5) is 16.1. The second kappa shape index (κ2) is 9.97. The molecule has 6 heteroatoms. The Morgan fingerprint density at radius 1 is 1.45 bits per heavy atom. The van der Waals surface area contributed by atoms with Gasteiger partial charge < -0.3 is 10.6 Å². The molecule has 1 aliphatic heterocycles. The minimum Gasteiger partial charge on any atom is -0.353 e. The molecular formula is C14H23Cl2N3O. The predicted octanol–water partition coefficient (Wildman–Crippen LogP) is 2.11. The van der Waals surface area contributed by atoms with E-state index in [1.54, 1.807) is 6.20 Å². The van der Waals surface area contributed by atoms with Crippen LogP contribution in [0.1, 0.15) is 31.9 Å². The van der Waals surface area contributed by atoms with Crippen molar-refractivity contribution in [3.05, 3.63) is 30.1 Å². The fourth-order valence-corrected chi connectivity index (χ4v) is 2.35. The van der Waals surface area contributed by atoms with E-state index in [1.807, 2.05) is 18.2 Å². The average Bonchev–Trinajstić information content (AvgIpc) is 2.38. The summed E-state index contributed by atoms with van der Waals surface area (Å²) in [7, 11) is 0. The molecule has 0 radical (unpaired) electrons. The van der Waals surface area contributed by atoms with Crippen molar-refractivity contribution in [2.75, 3.05) is 6.54 Å². The van der Waals surface area contributed by atoms with Crippen LogP contribution in [0.15, 0.2) is 24.4 Å². The van der Waals surface area contributed by atoms with Crippen molar-refractivity contribution in [2.24, 2.45) is 0 Å². The molecule has 1 saturated heterocycles. The second-order valence-electron chi connectivity index (χ2n) is 4.97. The Balaban J connectivity index is 0.00000180. The predicted molar refractivity (Wildman–Crippen MR) is 85.7 cm³/mol. The fourth-order valence-electron chi connectivity index (χ4n) is 2.35. The highest BCUT2D eigenvalue weighted by molar-refractivity contribution is 5.85. The number of aromatic nitrogens is 1. The number of carbonyl (C=O) groups is 1. The van der Waals surface area contributed by atoms with Crippen LogP contribution in [0.25, 0.3) is 0 Å². The molecule has 114 valence electrons. The van der Waals surface area contributed by atoms with Crippen LogP contribution in [0.4, 0.5) is 0 Å². The number of halogens is 2. The van der Waals surface area contributed by atoms with Gasteiger partial charge in [0.1, 0.15) is 0 Å². The van der Waals surface area contributed by atoms with E-state index in [0.29, 0.717) is 24.9 Å². The summed E-state index contributed by atoms with van der Waals surface area (Å²) in [6, 6.07) is 6.63. The van der Waals surface area contributed by atoms with Crippen molar-refractivity contribution in [3.63, 3.8) is 0 Å². The van der Waals surface area contributed by atoms with E-state index >= 15 is 0 Å². The highest BCUT2D eigenvalue weighted by Crippen LogP contribution is 2.08. The molecule has 1 aromatic rings. The molecule has 2 heterocycles. The van der Waals surface area contributed by atoms with Crippen LogP contribution in [-0.2, 0) is 11.2 Å². The van der Waals surface area contributed by atoms with E-state index in [1.165, 1.54) is 0 Å². The summed E-state index contributed by atoms with van der Waals surface area (Å²) in [5.74, 6) is 0.139. The Kier molecular flexibility index (Phi) is 9.55. The normalized spacial score (nSPS) is 21.2. The van der Waals surface area contributed by atoms with Crippen molar-refractivity contribution in [1.29, 1.82) is 0 Å². The molecule has 2 unspecified atom stereocenters. The molecule has 0 saturated carbocycles. The van der Waals surface area contributed by atoms with Gasteiger partial charge in [-0.3, -0.25) is 9.78 Å². The third-order valence-corrected chi connectivity index (χ3v) is 3.32. The van der Waals surface area contributed by atoms with E-state index in [9.17, 15) is 4.79 Å². The highest BCUT2D eigenvalue weighted by atomic mass is 35.5. The third kappa shape index (κ3) is 6.55. The smallest absolute Gasteiger partial charge is 0.220 e. The molecule has 2 rings (SSSR count). The minimum atomic E-state index is 0. The number of nitrogens with zero attached hydrogens (tertiary/aromatic N) is 1. The maximum absolute atomic E-state index is 11.8. The molecule has 2 atom stereocenters. The van der Waals surface area contributed by atoms with E-state index in [4.69, 9.17) is 0 Å². The lowest BCUT2D eigenvalue weighted by Gasteiger charge is -2.28. The molecule has 1 aliphatic rings. The Morgan fingerprint density at radius 3 is 2.90 bits per heavy atom. The van der Waals surface area contributed by atoms with Gasteiger partial charge in [0.05, 0.1) is 0 Å².